The van der Waals surface area contributed by atoms with Gasteiger partial charge in [-0.1, -0.05) is 12.8 Å². The number of rotatable bonds is 3. The lowest BCUT2D eigenvalue weighted by molar-refractivity contribution is 0.301. The van der Waals surface area contributed by atoms with E-state index in [1.165, 1.54) is 25.7 Å². The van der Waals surface area contributed by atoms with E-state index < -0.39 is 5.66 Å². The number of nitrogens with one attached hydrogen (secondary N) is 2. The fourth-order valence-electron chi connectivity index (χ4n) is 4.03. The summed E-state index contributed by atoms with van der Waals surface area (Å²) in [6.07, 6.45) is 8.10. The fourth-order valence-corrected chi connectivity index (χ4v) is 4.03. The van der Waals surface area contributed by atoms with Crippen molar-refractivity contribution in [2.75, 3.05) is 26.2 Å². The van der Waals surface area contributed by atoms with Crippen LogP contribution in [-0.2, 0) is 0 Å². The van der Waals surface area contributed by atoms with Crippen LogP contribution in [-0.4, -0.2) is 42.7 Å². The summed E-state index contributed by atoms with van der Waals surface area (Å²) in [5.41, 5.74) is 12.3. The minimum absolute atomic E-state index is 0.444. The molecule has 4 rings (SSSR count). The quantitative estimate of drug-likeness (QED) is 0.582. The van der Waals surface area contributed by atoms with Gasteiger partial charge in [0.05, 0.1) is 0 Å². The molecule has 0 radical (unpaired) electrons. The largest absolute Gasteiger partial charge is 0.370 e. The van der Waals surface area contributed by atoms with Crippen molar-refractivity contribution in [3.8, 4) is 0 Å². The third-order valence-corrected chi connectivity index (χ3v) is 5.40. The van der Waals surface area contributed by atoms with Crippen molar-refractivity contribution in [2.24, 2.45) is 27.8 Å². The van der Waals surface area contributed by atoms with Crippen LogP contribution >= 0.6 is 0 Å². The number of likely N-dealkylation sites (tertiary alicyclic amines) is 1. The Bertz CT molecular complexity index is 488. The average molecular weight is 290 g/mol. The summed E-state index contributed by atoms with van der Waals surface area (Å²) in [7, 11) is 0. The van der Waals surface area contributed by atoms with Crippen molar-refractivity contribution in [3.63, 3.8) is 0 Å². The summed E-state index contributed by atoms with van der Waals surface area (Å²) < 4.78 is 0. The normalized spacial score (nSPS) is 39.4. The molecule has 21 heavy (non-hydrogen) atoms. The Morgan fingerprint density at radius 2 is 2.24 bits per heavy atom. The minimum atomic E-state index is -0.616. The second-order valence-electron chi connectivity index (χ2n) is 7.39. The van der Waals surface area contributed by atoms with Gasteiger partial charge >= 0.3 is 0 Å². The first-order valence-corrected chi connectivity index (χ1v) is 8.16. The number of hydrogen-bond acceptors (Lipinski definition) is 6. The number of aliphatic imine (C=N–C) groups is 1. The highest BCUT2D eigenvalue weighted by Crippen LogP contribution is 2.40. The molecule has 1 saturated carbocycles. The average Bonchev–Trinajstić information content (AvgIpc) is 2.97. The molecule has 3 heterocycles. The molecule has 2 saturated heterocycles. The number of hydrogen-bond donors (Lipinski definition) is 4. The van der Waals surface area contributed by atoms with Gasteiger partial charge in [0.15, 0.2) is 5.96 Å². The number of guanidine groups is 1. The van der Waals surface area contributed by atoms with Crippen LogP contribution < -0.4 is 22.1 Å². The highest BCUT2D eigenvalue weighted by molar-refractivity contribution is 5.81. The molecule has 116 valence electrons. The molecule has 2 atom stereocenters. The molecule has 4 aliphatic rings. The molecule has 0 amide bonds. The van der Waals surface area contributed by atoms with E-state index in [0.29, 0.717) is 11.4 Å². The molecule has 0 aromatic heterocycles. The first-order valence-electron chi connectivity index (χ1n) is 8.16. The highest BCUT2D eigenvalue weighted by Gasteiger charge is 2.42. The van der Waals surface area contributed by atoms with Gasteiger partial charge in [-0.15, -0.1) is 0 Å². The maximum Gasteiger partial charge on any atom is 0.196 e. The van der Waals surface area contributed by atoms with Crippen LogP contribution in [0.25, 0.3) is 0 Å². The summed E-state index contributed by atoms with van der Waals surface area (Å²) >= 11 is 0. The molecule has 0 aromatic carbocycles. The van der Waals surface area contributed by atoms with E-state index in [0.717, 1.165) is 44.3 Å². The number of nitrogens with two attached hydrogens (primary N) is 2. The third-order valence-electron chi connectivity index (χ3n) is 5.40. The van der Waals surface area contributed by atoms with Gasteiger partial charge in [-0.3, -0.25) is 0 Å². The lowest BCUT2D eigenvalue weighted by Gasteiger charge is -2.33. The predicted molar refractivity (Wildman–Crippen MR) is 83.2 cm³/mol. The Hall–Kier alpha value is -1.27. The van der Waals surface area contributed by atoms with Gasteiger partial charge in [0.1, 0.15) is 11.5 Å². The van der Waals surface area contributed by atoms with Gasteiger partial charge < -0.3 is 27.0 Å². The summed E-state index contributed by atoms with van der Waals surface area (Å²) in [6, 6.07) is 0. The van der Waals surface area contributed by atoms with Crippen LogP contribution in [0.2, 0.25) is 0 Å². The monoisotopic (exact) mass is 290 g/mol. The first kappa shape index (κ1) is 13.4. The lowest BCUT2D eigenvalue weighted by Crippen LogP contribution is -2.50. The van der Waals surface area contributed by atoms with Crippen LogP contribution in [0.1, 0.15) is 32.1 Å². The SMILES string of the molecule is NC1=NC(N)(CC2CC2)C=C(N2CCC3(CCNC3)C2)N1. The maximum absolute atomic E-state index is 6.47. The summed E-state index contributed by atoms with van der Waals surface area (Å²) in [5, 5.41) is 6.73. The Balaban J connectivity index is 1.51. The molecule has 0 bridgehead atoms. The van der Waals surface area contributed by atoms with Crippen molar-refractivity contribution in [2.45, 2.75) is 37.8 Å². The second-order valence-corrected chi connectivity index (χ2v) is 7.39. The Labute approximate surface area is 126 Å². The Morgan fingerprint density at radius 1 is 1.38 bits per heavy atom. The highest BCUT2D eigenvalue weighted by atomic mass is 15.3. The summed E-state index contributed by atoms with van der Waals surface area (Å²) in [4.78, 5) is 6.86. The molecule has 6 nitrogen and oxygen atoms in total. The standard InChI is InChI=1S/C15H26N6/c16-13-19-12(8-15(17,20-13)7-11-1-2-11)21-6-4-14(10-21)3-5-18-9-14/h8,11,18H,1-7,9-10,17H2,(H3,16,19,20). The van der Waals surface area contributed by atoms with Crippen LogP contribution in [0.3, 0.4) is 0 Å². The molecule has 3 aliphatic heterocycles. The zero-order valence-corrected chi connectivity index (χ0v) is 12.6. The van der Waals surface area contributed by atoms with E-state index in [9.17, 15) is 0 Å². The second kappa shape index (κ2) is 4.61. The van der Waals surface area contributed by atoms with Crippen molar-refractivity contribution in [1.82, 2.24) is 15.5 Å². The van der Waals surface area contributed by atoms with Crippen molar-refractivity contribution in [3.05, 3.63) is 11.9 Å². The van der Waals surface area contributed by atoms with Crippen molar-refractivity contribution >= 4 is 5.96 Å². The smallest absolute Gasteiger partial charge is 0.196 e. The van der Waals surface area contributed by atoms with Gasteiger partial charge in [0.2, 0.25) is 0 Å². The molecule has 0 aromatic rings. The van der Waals surface area contributed by atoms with Crippen LogP contribution in [0, 0.1) is 11.3 Å². The third kappa shape index (κ3) is 2.62. The molecule has 1 spiro atoms. The van der Waals surface area contributed by atoms with Crippen LogP contribution in [0.4, 0.5) is 0 Å². The molecule has 1 aliphatic carbocycles. The number of nitrogens with zero attached hydrogens (tertiary/aromatic N) is 2. The lowest BCUT2D eigenvalue weighted by atomic mass is 9.86. The van der Waals surface area contributed by atoms with E-state index in [1.54, 1.807) is 0 Å². The Kier molecular flexibility index (Phi) is 2.94. The predicted octanol–water partition coefficient (Wildman–Crippen LogP) is -0.114. The van der Waals surface area contributed by atoms with E-state index >= 15 is 0 Å². The topological polar surface area (TPSA) is 91.7 Å². The van der Waals surface area contributed by atoms with E-state index in [4.69, 9.17) is 11.5 Å². The fraction of sp³-hybridized carbons (Fsp3) is 0.800. The van der Waals surface area contributed by atoms with Crippen molar-refractivity contribution < 1.29 is 0 Å². The minimum Gasteiger partial charge on any atom is -0.370 e. The maximum atomic E-state index is 6.47. The molecule has 3 fully saturated rings. The Morgan fingerprint density at radius 3 is 2.95 bits per heavy atom. The van der Waals surface area contributed by atoms with Gasteiger partial charge in [-0.25, -0.2) is 4.99 Å². The van der Waals surface area contributed by atoms with Gasteiger partial charge in [0.25, 0.3) is 0 Å². The summed E-state index contributed by atoms with van der Waals surface area (Å²) in [6.45, 7) is 4.45. The molecule has 6 heteroatoms. The van der Waals surface area contributed by atoms with Gasteiger partial charge in [-0.2, -0.15) is 0 Å². The van der Waals surface area contributed by atoms with Crippen LogP contribution in [0.5, 0.6) is 0 Å². The van der Waals surface area contributed by atoms with E-state index in [-0.39, 0.29) is 0 Å². The molecule has 6 N–H and O–H groups in total. The van der Waals surface area contributed by atoms with E-state index in [2.05, 4.69) is 26.6 Å². The van der Waals surface area contributed by atoms with E-state index in [1.807, 2.05) is 0 Å². The van der Waals surface area contributed by atoms with Crippen molar-refractivity contribution in [1.29, 1.82) is 0 Å². The summed E-state index contributed by atoms with van der Waals surface area (Å²) in [5.74, 6) is 2.25. The zero-order valence-electron chi connectivity index (χ0n) is 12.6. The zero-order chi connectivity index (χ0) is 14.5. The molecular weight excluding hydrogens is 264 g/mol. The molecular formula is C15H26N6. The first-order chi connectivity index (χ1) is 10.1. The molecule has 2 unspecified atom stereocenters. The van der Waals surface area contributed by atoms with Crippen LogP contribution in [0.15, 0.2) is 16.9 Å². The van der Waals surface area contributed by atoms with Gasteiger partial charge in [0, 0.05) is 25.0 Å². The van der Waals surface area contributed by atoms with Gasteiger partial charge in [-0.05, 0) is 37.8 Å².